The van der Waals surface area contributed by atoms with Crippen molar-refractivity contribution in [3.05, 3.63) is 59.8 Å². The summed E-state index contributed by atoms with van der Waals surface area (Å²) in [7, 11) is 0. The van der Waals surface area contributed by atoms with E-state index in [-0.39, 0.29) is 0 Å². The molecule has 0 unspecified atom stereocenters. The van der Waals surface area contributed by atoms with Gasteiger partial charge in [0.1, 0.15) is 0 Å². The van der Waals surface area contributed by atoms with E-state index in [9.17, 15) is 0 Å². The van der Waals surface area contributed by atoms with E-state index in [4.69, 9.17) is 0 Å². The fourth-order valence-electron chi connectivity index (χ4n) is 1.26. The second-order valence-corrected chi connectivity index (χ2v) is 3.04. The summed E-state index contributed by atoms with van der Waals surface area (Å²) in [5.41, 5.74) is 3.66. The van der Waals surface area contributed by atoms with E-state index in [2.05, 4.69) is 31.7 Å². The van der Waals surface area contributed by atoms with E-state index < -0.39 is 0 Å². The molecule has 14 heavy (non-hydrogen) atoms. The molecule has 0 heteroatoms. The molecular weight excluding hydrogens is 168 g/mol. The zero-order valence-electron chi connectivity index (χ0n) is 9.67. The van der Waals surface area contributed by atoms with Crippen LogP contribution in [0.1, 0.15) is 27.7 Å². The monoisotopic (exact) mass is 188 g/mol. The van der Waals surface area contributed by atoms with Gasteiger partial charge < -0.3 is 0 Å². The molecule has 0 aliphatic heterocycles. The van der Waals surface area contributed by atoms with Crippen LogP contribution in [0.15, 0.2) is 59.8 Å². The molecule has 0 radical (unpaired) electrons. The average molecular weight is 188 g/mol. The molecule has 0 fully saturated rings. The molecule has 0 N–H and O–H groups in total. The molecule has 0 saturated carbocycles. The Hall–Kier alpha value is -1.30. The van der Waals surface area contributed by atoms with Gasteiger partial charge in [0.05, 0.1) is 0 Å². The van der Waals surface area contributed by atoms with Crippen LogP contribution in [0.25, 0.3) is 0 Å². The van der Waals surface area contributed by atoms with Crippen LogP contribution in [0.5, 0.6) is 0 Å². The van der Waals surface area contributed by atoms with Crippen molar-refractivity contribution in [2.75, 3.05) is 0 Å². The van der Waals surface area contributed by atoms with Crippen molar-refractivity contribution in [2.45, 2.75) is 27.7 Å². The second kappa shape index (κ2) is 7.14. The molecule has 76 valence electrons. The maximum atomic E-state index is 3.85. The molecule has 0 aliphatic rings. The van der Waals surface area contributed by atoms with Gasteiger partial charge in [-0.1, -0.05) is 43.0 Å². The Labute approximate surface area is 88.0 Å². The second-order valence-electron chi connectivity index (χ2n) is 3.04. The Bertz CT molecular complexity index is 282. The topological polar surface area (TPSA) is 0 Å². The lowest BCUT2D eigenvalue weighted by Gasteiger charge is -2.05. The van der Waals surface area contributed by atoms with Crippen LogP contribution in [0.2, 0.25) is 0 Å². The summed E-state index contributed by atoms with van der Waals surface area (Å²) in [6.07, 6.45) is 12.3. The van der Waals surface area contributed by atoms with Gasteiger partial charge in [0, 0.05) is 0 Å². The molecule has 0 amide bonds. The van der Waals surface area contributed by atoms with Gasteiger partial charge in [-0.25, -0.2) is 0 Å². The predicted octanol–water partition coefficient (Wildman–Crippen LogP) is 4.59. The van der Waals surface area contributed by atoms with Crippen LogP contribution in [0.4, 0.5) is 0 Å². The normalized spacial score (nSPS) is 12.4. The maximum absolute atomic E-state index is 3.85. The van der Waals surface area contributed by atoms with Gasteiger partial charge >= 0.3 is 0 Å². The molecule has 0 spiro atoms. The standard InChI is InChI=1S/C14H20/c1-6-10-13(11-7-2)14(9-4)12(5)8-3/h6-11H,4H2,1-3,5H3/b10-6-,11-7-,12-8-. The van der Waals surface area contributed by atoms with Gasteiger partial charge in [-0.05, 0) is 44.4 Å². The largest absolute Gasteiger partial charge is 0.0984 e. The predicted molar refractivity (Wildman–Crippen MR) is 66.3 cm³/mol. The molecule has 0 aromatic rings. The van der Waals surface area contributed by atoms with Crippen LogP contribution in [-0.2, 0) is 0 Å². The molecular formula is C14H20. The fourth-order valence-corrected chi connectivity index (χ4v) is 1.26. The molecule has 0 saturated heterocycles. The Morgan fingerprint density at radius 1 is 1.00 bits per heavy atom. The lowest BCUT2D eigenvalue weighted by molar-refractivity contribution is 1.36. The van der Waals surface area contributed by atoms with Crippen LogP contribution in [-0.4, -0.2) is 0 Å². The van der Waals surface area contributed by atoms with Crippen LogP contribution >= 0.6 is 0 Å². The van der Waals surface area contributed by atoms with Gasteiger partial charge in [0.2, 0.25) is 0 Å². The van der Waals surface area contributed by atoms with Crippen molar-refractivity contribution < 1.29 is 0 Å². The van der Waals surface area contributed by atoms with E-state index in [1.165, 1.54) is 16.7 Å². The van der Waals surface area contributed by atoms with Gasteiger partial charge in [-0.3, -0.25) is 0 Å². The molecule has 0 heterocycles. The summed E-state index contributed by atoms with van der Waals surface area (Å²) in [5, 5.41) is 0. The smallest absolute Gasteiger partial charge is 0.0164 e. The molecule has 0 bridgehead atoms. The highest BCUT2D eigenvalue weighted by atomic mass is 14.0. The minimum absolute atomic E-state index is 1.20. The number of hydrogen-bond donors (Lipinski definition) is 0. The SMILES string of the molecule is C=CC(=C(/C=C\C)/C=C\C)C(/C)=C\C. The first-order valence-electron chi connectivity index (χ1n) is 4.96. The Morgan fingerprint density at radius 3 is 1.79 bits per heavy atom. The molecule has 0 aliphatic carbocycles. The number of hydrogen-bond acceptors (Lipinski definition) is 0. The Morgan fingerprint density at radius 2 is 1.50 bits per heavy atom. The highest BCUT2D eigenvalue weighted by Gasteiger charge is 1.98. The van der Waals surface area contributed by atoms with Crippen molar-refractivity contribution in [2.24, 2.45) is 0 Å². The van der Waals surface area contributed by atoms with Crippen LogP contribution in [0.3, 0.4) is 0 Å². The first kappa shape index (κ1) is 12.7. The minimum atomic E-state index is 1.20. The molecule has 0 rings (SSSR count). The third kappa shape index (κ3) is 3.61. The molecule has 0 atom stereocenters. The summed E-state index contributed by atoms with van der Waals surface area (Å²) >= 11 is 0. The van der Waals surface area contributed by atoms with Gasteiger partial charge in [-0.2, -0.15) is 0 Å². The highest BCUT2D eigenvalue weighted by molar-refractivity contribution is 5.49. The quantitative estimate of drug-likeness (QED) is 0.566. The summed E-state index contributed by atoms with van der Waals surface area (Å²) < 4.78 is 0. The van der Waals surface area contributed by atoms with E-state index in [1.54, 1.807) is 0 Å². The zero-order chi connectivity index (χ0) is 11.0. The minimum Gasteiger partial charge on any atom is -0.0984 e. The first-order chi connectivity index (χ1) is 6.71. The third-order valence-electron chi connectivity index (χ3n) is 2.07. The van der Waals surface area contributed by atoms with E-state index in [1.807, 2.05) is 39.0 Å². The Balaban J connectivity index is 5.40. The van der Waals surface area contributed by atoms with E-state index >= 15 is 0 Å². The van der Waals surface area contributed by atoms with Crippen molar-refractivity contribution in [1.82, 2.24) is 0 Å². The Kier molecular flexibility index (Phi) is 6.47. The van der Waals surface area contributed by atoms with Gasteiger partial charge in [0.25, 0.3) is 0 Å². The van der Waals surface area contributed by atoms with Crippen molar-refractivity contribution in [1.29, 1.82) is 0 Å². The number of rotatable bonds is 4. The van der Waals surface area contributed by atoms with Crippen molar-refractivity contribution >= 4 is 0 Å². The van der Waals surface area contributed by atoms with E-state index in [0.717, 1.165) is 0 Å². The van der Waals surface area contributed by atoms with Gasteiger partial charge in [0.15, 0.2) is 0 Å². The van der Waals surface area contributed by atoms with Crippen LogP contribution < -0.4 is 0 Å². The van der Waals surface area contributed by atoms with Crippen molar-refractivity contribution in [3.8, 4) is 0 Å². The summed E-state index contributed by atoms with van der Waals surface area (Å²) in [6, 6.07) is 0. The maximum Gasteiger partial charge on any atom is -0.0164 e. The first-order valence-corrected chi connectivity index (χ1v) is 4.96. The average Bonchev–Trinajstić information content (AvgIpc) is 2.19. The molecule has 0 nitrogen and oxygen atoms in total. The molecule has 0 aromatic carbocycles. The lowest BCUT2D eigenvalue weighted by Crippen LogP contribution is -1.86. The summed E-state index contributed by atoms with van der Waals surface area (Å²) in [4.78, 5) is 0. The van der Waals surface area contributed by atoms with E-state index in [0.29, 0.717) is 0 Å². The third-order valence-corrected chi connectivity index (χ3v) is 2.07. The summed E-state index contributed by atoms with van der Waals surface area (Å²) in [5.74, 6) is 0. The number of allylic oxidation sites excluding steroid dienone is 9. The van der Waals surface area contributed by atoms with Crippen molar-refractivity contribution in [3.63, 3.8) is 0 Å². The van der Waals surface area contributed by atoms with Gasteiger partial charge in [-0.15, -0.1) is 0 Å². The summed E-state index contributed by atoms with van der Waals surface area (Å²) in [6.45, 7) is 12.0. The highest BCUT2D eigenvalue weighted by Crippen LogP contribution is 2.17. The lowest BCUT2D eigenvalue weighted by atomic mass is 10.00. The van der Waals surface area contributed by atoms with Crippen LogP contribution in [0, 0.1) is 0 Å². The fraction of sp³-hybridized carbons (Fsp3) is 0.286. The molecule has 0 aromatic heterocycles. The zero-order valence-corrected chi connectivity index (χ0v) is 9.67.